The minimum Gasteiger partial charge on any atom is -0.382 e. The Morgan fingerprint density at radius 2 is 2.22 bits per heavy atom. The molecule has 94 valence electrons. The third kappa shape index (κ3) is 2.56. The number of nitrogens with zero attached hydrogens (tertiary/aromatic N) is 3. The molecule has 0 aliphatic rings. The average Bonchev–Trinajstić information content (AvgIpc) is 2.78. The zero-order chi connectivity index (χ0) is 13.0. The van der Waals surface area contributed by atoms with Crippen molar-refractivity contribution in [3.63, 3.8) is 0 Å². The summed E-state index contributed by atoms with van der Waals surface area (Å²) in [5.74, 6) is 1.05. The Morgan fingerprint density at radius 1 is 1.39 bits per heavy atom. The molecule has 2 rings (SSSR count). The largest absolute Gasteiger partial charge is 0.382 e. The maximum Gasteiger partial charge on any atom is 0.142 e. The van der Waals surface area contributed by atoms with Crippen LogP contribution >= 0.6 is 0 Å². The highest BCUT2D eigenvalue weighted by Gasteiger charge is 2.08. The molecule has 0 spiro atoms. The number of aryl methyl sites for hydroxylation is 1. The summed E-state index contributed by atoms with van der Waals surface area (Å²) in [5, 5.41) is 7.53. The number of amidine groups is 1. The average molecular weight is 243 g/mol. The van der Waals surface area contributed by atoms with Crippen LogP contribution < -0.4 is 5.73 Å². The second kappa shape index (κ2) is 5.44. The number of nitrogen functional groups attached to an aromatic ring is 1. The standard InChI is InChI=1S/C13H17N5/c1-2-4-11-16-7-8-18(11)9-10-5-3-6-17-12(10)13(14)15/h3,5-8H,2,4,9H2,1H3,(H3,14,15). The van der Waals surface area contributed by atoms with E-state index in [0.29, 0.717) is 12.2 Å². The molecular formula is C13H17N5. The molecule has 0 unspecified atom stereocenters. The molecule has 0 saturated heterocycles. The SMILES string of the molecule is CCCc1nccn1Cc1cccnc1C(=N)N. The number of pyridine rings is 1. The zero-order valence-corrected chi connectivity index (χ0v) is 10.4. The van der Waals surface area contributed by atoms with Gasteiger partial charge in [0.15, 0.2) is 0 Å². The molecule has 2 aromatic heterocycles. The van der Waals surface area contributed by atoms with Gasteiger partial charge in [-0.2, -0.15) is 0 Å². The lowest BCUT2D eigenvalue weighted by atomic mass is 10.1. The Labute approximate surface area is 106 Å². The van der Waals surface area contributed by atoms with Gasteiger partial charge in [-0.15, -0.1) is 0 Å². The van der Waals surface area contributed by atoms with Gasteiger partial charge in [-0.1, -0.05) is 13.0 Å². The summed E-state index contributed by atoms with van der Waals surface area (Å²) in [6.45, 7) is 2.78. The number of aromatic nitrogens is 3. The number of hydrogen-bond acceptors (Lipinski definition) is 3. The van der Waals surface area contributed by atoms with E-state index < -0.39 is 0 Å². The van der Waals surface area contributed by atoms with Gasteiger partial charge in [0.05, 0.1) is 6.54 Å². The van der Waals surface area contributed by atoms with Gasteiger partial charge in [-0.3, -0.25) is 10.4 Å². The molecule has 2 aromatic rings. The molecule has 18 heavy (non-hydrogen) atoms. The Kier molecular flexibility index (Phi) is 3.72. The molecule has 0 fully saturated rings. The lowest BCUT2D eigenvalue weighted by molar-refractivity contribution is 0.702. The molecule has 0 aromatic carbocycles. The van der Waals surface area contributed by atoms with Crippen molar-refractivity contribution in [2.75, 3.05) is 0 Å². The zero-order valence-electron chi connectivity index (χ0n) is 10.4. The number of nitrogens with one attached hydrogen (secondary N) is 1. The van der Waals surface area contributed by atoms with Crippen molar-refractivity contribution in [1.29, 1.82) is 5.41 Å². The van der Waals surface area contributed by atoms with Gasteiger partial charge in [0.1, 0.15) is 17.4 Å². The molecule has 0 saturated carbocycles. The van der Waals surface area contributed by atoms with Crippen molar-refractivity contribution < 1.29 is 0 Å². The highest BCUT2D eigenvalue weighted by molar-refractivity contribution is 5.94. The number of nitrogens with two attached hydrogens (primary N) is 1. The minimum atomic E-state index is 0.00255. The smallest absolute Gasteiger partial charge is 0.142 e. The first-order valence-corrected chi connectivity index (χ1v) is 6.00. The van der Waals surface area contributed by atoms with Gasteiger partial charge in [-0.25, -0.2) is 4.98 Å². The molecule has 0 aliphatic carbocycles. The predicted molar refractivity (Wildman–Crippen MR) is 70.6 cm³/mol. The van der Waals surface area contributed by atoms with E-state index in [1.54, 1.807) is 12.4 Å². The van der Waals surface area contributed by atoms with Crippen LogP contribution in [0.4, 0.5) is 0 Å². The molecule has 0 atom stereocenters. The van der Waals surface area contributed by atoms with E-state index in [-0.39, 0.29) is 5.84 Å². The molecule has 0 amide bonds. The van der Waals surface area contributed by atoms with Crippen LogP contribution in [0.3, 0.4) is 0 Å². The van der Waals surface area contributed by atoms with Gasteiger partial charge in [0, 0.05) is 30.6 Å². The fourth-order valence-electron chi connectivity index (χ4n) is 1.93. The van der Waals surface area contributed by atoms with E-state index in [9.17, 15) is 0 Å². The highest BCUT2D eigenvalue weighted by atomic mass is 15.1. The Bertz CT molecular complexity index is 544. The monoisotopic (exact) mass is 243 g/mol. The lowest BCUT2D eigenvalue weighted by Gasteiger charge is -2.10. The molecule has 0 radical (unpaired) electrons. The summed E-state index contributed by atoms with van der Waals surface area (Å²) in [5.41, 5.74) is 7.03. The Balaban J connectivity index is 2.28. The van der Waals surface area contributed by atoms with Gasteiger partial charge in [0.25, 0.3) is 0 Å². The lowest BCUT2D eigenvalue weighted by Crippen LogP contribution is -2.17. The first kappa shape index (κ1) is 12.3. The van der Waals surface area contributed by atoms with Crippen molar-refractivity contribution >= 4 is 5.84 Å². The molecule has 5 heteroatoms. The maximum atomic E-state index is 7.53. The van der Waals surface area contributed by atoms with E-state index in [1.807, 2.05) is 18.3 Å². The molecule has 2 heterocycles. The van der Waals surface area contributed by atoms with Crippen molar-refractivity contribution in [2.45, 2.75) is 26.3 Å². The molecule has 5 nitrogen and oxygen atoms in total. The summed E-state index contributed by atoms with van der Waals surface area (Å²) in [6.07, 6.45) is 7.41. The van der Waals surface area contributed by atoms with Crippen LogP contribution in [-0.2, 0) is 13.0 Å². The van der Waals surface area contributed by atoms with Crippen LogP contribution in [0.5, 0.6) is 0 Å². The number of imidazole rings is 1. The van der Waals surface area contributed by atoms with Gasteiger partial charge >= 0.3 is 0 Å². The van der Waals surface area contributed by atoms with Gasteiger partial charge in [-0.05, 0) is 12.5 Å². The molecule has 3 N–H and O–H groups in total. The first-order chi connectivity index (χ1) is 8.72. The van der Waals surface area contributed by atoms with Crippen molar-refractivity contribution in [3.8, 4) is 0 Å². The highest BCUT2D eigenvalue weighted by Crippen LogP contribution is 2.10. The predicted octanol–water partition coefficient (Wildman–Crippen LogP) is 1.56. The normalized spacial score (nSPS) is 10.5. The summed E-state index contributed by atoms with van der Waals surface area (Å²) in [7, 11) is 0. The fraction of sp³-hybridized carbons (Fsp3) is 0.308. The second-order valence-corrected chi connectivity index (χ2v) is 4.15. The summed E-state index contributed by atoms with van der Waals surface area (Å²) in [4.78, 5) is 8.49. The van der Waals surface area contributed by atoms with Gasteiger partial charge < -0.3 is 10.3 Å². The quantitative estimate of drug-likeness (QED) is 0.617. The summed E-state index contributed by atoms with van der Waals surface area (Å²) < 4.78 is 2.08. The van der Waals surface area contributed by atoms with E-state index in [1.165, 1.54) is 0 Å². The second-order valence-electron chi connectivity index (χ2n) is 4.15. The topological polar surface area (TPSA) is 80.6 Å². The third-order valence-electron chi connectivity index (χ3n) is 2.76. The third-order valence-corrected chi connectivity index (χ3v) is 2.76. The van der Waals surface area contributed by atoms with E-state index in [4.69, 9.17) is 11.1 Å². The van der Waals surface area contributed by atoms with E-state index in [2.05, 4.69) is 21.5 Å². The van der Waals surface area contributed by atoms with Gasteiger partial charge in [0.2, 0.25) is 0 Å². The molecular weight excluding hydrogens is 226 g/mol. The molecule has 0 aliphatic heterocycles. The van der Waals surface area contributed by atoms with Crippen LogP contribution in [0.15, 0.2) is 30.7 Å². The summed E-state index contributed by atoms with van der Waals surface area (Å²) in [6, 6.07) is 3.80. The Morgan fingerprint density at radius 3 is 2.94 bits per heavy atom. The van der Waals surface area contributed by atoms with Crippen LogP contribution in [0.1, 0.15) is 30.4 Å². The van der Waals surface area contributed by atoms with Crippen LogP contribution in [0.25, 0.3) is 0 Å². The minimum absolute atomic E-state index is 0.00255. The Hall–Kier alpha value is -2.17. The number of rotatable bonds is 5. The molecule has 0 bridgehead atoms. The van der Waals surface area contributed by atoms with E-state index in [0.717, 1.165) is 24.2 Å². The van der Waals surface area contributed by atoms with Crippen molar-refractivity contribution in [1.82, 2.24) is 14.5 Å². The van der Waals surface area contributed by atoms with E-state index >= 15 is 0 Å². The van der Waals surface area contributed by atoms with Crippen molar-refractivity contribution in [2.24, 2.45) is 5.73 Å². The fourth-order valence-corrected chi connectivity index (χ4v) is 1.93. The van der Waals surface area contributed by atoms with Crippen LogP contribution in [0.2, 0.25) is 0 Å². The van der Waals surface area contributed by atoms with Crippen LogP contribution in [0, 0.1) is 5.41 Å². The summed E-state index contributed by atoms with van der Waals surface area (Å²) >= 11 is 0. The van der Waals surface area contributed by atoms with Crippen molar-refractivity contribution in [3.05, 3.63) is 47.8 Å². The maximum absolute atomic E-state index is 7.53. The first-order valence-electron chi connectivity index (χ1n) is 6.00. The number of hydrogen-bond donors (Lipinski definition) is 2. The van der Waals surface area contributed by atoms with Crippen LogP contribution in [-0.4, -0.2) is 20.4 Å².